The molecule has 2 amide bonds. The van der Waals surface area contributed by atoms with Gasteiger partial charge in [-0.2, -0.15) is 0 Å². The second kappa shape index (κ2) is 8.82. The van der Waals surface area contributed by atoms with Crippen LogP contribution in [0.25, 0.3) is 0 Å². The molecule has 0 spiro atoms. The van der Waals surface area contributed by atoms with E-state index in [0.29, 0.717) is 5.69 Å². The van der Waals surface area contributed by atoms with Crippen LogP contribution >= 0.6 is 23.2 Å². The van der Waals surface area contributed by atoms with Gasteiger partial charge >= 0.3 is 5.97 Å². The van der Waals surface area contributed by atoms with E-state index < -0.39 is 23.6 Å². The van der Waals surface area contributed by atoms with Gasteiger partial charge in [-0.3, -0.25) is 9.59 Å². The summed E-state index contributed by atoms with van der Waals surface area (Å²) in [6.07, 6.45) is 0. The second-order valence-electron chi connectivity index (χ2n) is 6.63. The Morgan fingerprint density at radius 2 is 1.53 bits per heavy atom. The highest BCUT2D eigenvalue weighted by molar-refractivity contribution is 6.53. The van der Waals surface area contributed by atoms with Gasteiger partial charge in [-0.05, 0) is 60.7 Å². The summed E-state index contributed by atoms with van der Waals surface area (Å²) in [4.78, 5) is 38.5. The average molecular weight is 471 g/mol. The van der Waals surface area contributed by atoms with Crippen LogP contribution in [-0.4, -0.2) is 17.8 Å². The van der Waals surface area contributed by atoms with Crippen LogP contribution in [0.15, 0.2) is 83.5 Å². The number of benzene rings is 3. The van der Waals surface area contributed by atoms with Gasteiger partial charge in [0.05, 0.1) is 16.3 Å². The van der Waals surface area contributed by atoms with Crippen LogP contribution in [0.5, 0.6) is 5.75 Å². The van der Waals surface area contributed by atoms with E-state index in [4.69, 9.17) is 27.9 Å². The number of halogens is 3. The Morgan fingerprint density at radius 3 is 2.19 bits per heavy atom. The number of hydrogen-bond donors (Lipinski definition) is 1. The Bertz CT molecular complexity index is 1260. The van der Waals surface area contributed by atoms with Crippen molar-refractivity contribution in [2.45, 2.75) is 0 Å². The van der Waals surface area contributed by atoms with Crippen molar-refractivity contribution < 1.29 is 23.5 Å². The number of rotatable bonds is 5. The molecule has 0 bridgehead atoms. The molecule has 6 nitrogen and oxygen atoms in total. The lowest BCUT2D eigenvalue weighted by Crippen LogP contribution is -2.32. The number of carbonyl (C=O) groups excluding carboxylic acids is 3. The summed E-state index contributed by atoms with van der Waals surface area (Å²) in [6, 6.07) is 17.4. The van der Waals surface area contributed by atoms with E-state index in [1.165, 1.54) is 54.6 Å². The first-order chi connectivity index (χ1) is 15.3. The Kier molecular flexibility index (Phi) is 5.94. The monoisotopic (exact) mass is 470 g/mol. The zero-order chi connectivity index (χ0) is 22.8. The molecule has 0 fully saturated rings. The molecule has 0 saturated heterocycles. The topological polar surface area (TPSA) is 75.7 Å². The van der Waals surface area contributed by atoms with E-state index in [1.54, 1.807) is 18.2 Å². The third-order valence-corrected chi connectivity index (χ3v) is 5.21. The fourth-order valence-electron chi connectivity index (χ4n) is 2.97. The summed E-state index contributed by atoms with van der Waals surface area (Å²) < 4.78 is 18.1. The summed E-state index contributed by atoms with van der Waals surface area (Å²) in [5.74, 6) is -2.25. The zero-order valence-electron chi connectivity index (χ0n) is 16.1. The predicted octanol–water partition coefficient (Wildman–Crippen LogP) is 5.13. The van der Waals surface area contributed by atoms with Gasteiger partial charge in [0.15, 0.2) is 0 Å². The number of nitrogens with one attached hydrogen (secondary N) is 1. The van der Waals surface area contributed by atoms with E-state index in [2.05, 4.69) is 5.32 Å². The molecule has 0 atom stereocenters. The van der Waals surface area contributed by atoms with Gasteiger partial charge in [0.25, 0.3) is 11.8 Å². The van der Waals surface area contributed by atoms with Crippen molar-refractivity contribution in [3.63, 3.8) is 0 Å². The van der Waals surface area contributed by atoms with Crippen LogP contribution in [-0.2, 0) is 9.59 Å². The number of para-hydroxylation sites is 1. The largest absolute Gasteiger partial charge is 0.423 e. The molecule has 0 unspecified atom stereocenters. The van der Waals surface area contributed by atoms with Gasteiger partial charge in [0.2, 0.25) is 0 Å². The van der Waals surface area contributed by atoms with Crippen molar-refractivity contribution >= 4 is 52.4 Å². The Labute approximate surface area is 191 Å². The van der Waals surface area contributed by atoms with Crippen molar-refractivity contribution in [2.75, 3.05) is 10.2 Å². The van der Waals surface area contributed by atoms with Crippen molar-refractivity contribution in [3.05, 3.63) is 99.9 Å². The maximum Gasteiger partial charge on any atom is 0.343 e. The molecule has 1 aliphatic rings. The van der Waals surface area contributed by atoms with Gasteiger partial charge < -0.3 is 10.1 Å². The molecule has 0 radical (unpaired) electrons. The number of amides is 2. The van der Waals surface area contributed by atoms with Crippen molar-refractivity contribution in [3.8, 4) is 5.75 Å². The summed E-state index contributed by atoms with van der Waals surface area (Å²) in [5, 5.41) is 2.75. The van der Waals surface area contributed by atoms with Crippen LogP contribution in [0.2, 0.25) is 5.02 Å². The minimum absolute atomic E-state index is 0.113. The van der Waals surface area contributed by atoms with Crippen LogP contribution in [0.1, 0.15) is 10.4 Å². The lowest BCUT2D eigenvalue weighted by atomic mass is 10.2. The SMILES string of the molecule is O=C(Oc1ccc(F)cc1)c1ccc(NC2=C(Cl)C(=O)N(c3ccccc3Cl)C2=O)cc1. The third-order valence-electron chi connectivity index (χ3n) is 4.53. The number of hydrogen-bond acceptors (Lipinski definition) is 5. The summed E-state index contributed by atoms with van der Waals surface area (Å²) in [6.45, 7) is 0. The number of imide groups is 1. The molecule has 0 aliphatic carbocycles. The van der Waals surface area contributed by atoms with E-state index in [0.717, 1.165) is 4.90 Å². The minimum Gasteiger partial charge on any atom is -0.423 e. The van der Waals surface area contributed by atoms with Crippen molar-refractivity contribution in [1.82, 2.24) is 0 Å². The maximum absolute atomic E-state index is 13.0. The predicted molar refractivity (Wildman–Crippen MR) is 118 cm³/mol. The smallest absolute Gasteiger partial charge is 0.343 e. The molecule has 0 aromatic heterocycles. The molecule has 1 aliphatic heterocycles. The molecule has 4 rings (SSSR count). The molecular weight excluding hydrogens is 458 g/mol. The van der Waals surface area contributed by atoms with E-state index >= 15 is 0 Å². The second-order valence-corrected chi connectivity index (χ2v) is 7.42. The Balaban J connectivity index is 1.49. The highest BCUT2D eigenvalue weighted by Crippen LogP contribution is 2.34. The first kappa shape index (κ1) is 21.5. The number of anilines is 2. The normalized spacial score (nSPS) is 13.5. The molecule has 1 N–H and O–H groups in total. The first-order valence-corrected chi connectivity index (χ1v) is 9.98. The summed E-state index contributed by atoms with van der Waals surface area (Å²) in [7, 11) is 0. The summed E-state index contributed by atoms with van der Waals surface area (Å²) in [5.41, 5.74) is 0.751. The lowest BCUT2D eigenvalue weighted by molar-refractivity contribution is -0.120. The van der Waals surface area contributed by atoms with E-state index in [9.17, 15) is 18.8 Å². The van der Waals surface area contributed by atoms with E-state index in [-0.39, 0.29) is 32.8 Å². The molecular formula is C23H13Cl2FN2O4. The quantitative estimate of drug-likeness (QED) is 0.317. The van der Waals surface area contributed by atoms with E-state index in [1.807, 2.05) is 0 Å². The van der Waals surface area contributed by atoms with Crippen molar-refractivity contribution in [2.24, 2.45) is 0 Å². The molecule has 32 heavy (non-hydrogen) atoms. The number of esters is 1. The minimum atomic E-state index is -0.702. The van der Waals surface area contributed by atoms with Gasteiger partial charge in [-0.15, -0.1) is 0 Å². The fourth-order valence-corrected chi connectivity index (χ4v) is 3.40. The molecule has 0 saturated carbocycles. The first-order valence-electron chi connectivity index (χ1n) is 9.23. The van der Waals surface area contributed by atoms with Crippen LogP contribution in [0, 0.1) is 5.82 Å². The fraction of sp³-hybridized carbons (Fsp3) is 0. The number of carbonyl (C=O) groups is 3. The standard InChI is InChI=1S/C23H13Cl2FN2O4/c24-17-3-1-2-4-18(17)28-21(29)19(25)20(22(28)30)27-15-9-5-13(6-10-15)23(31)32-16-11-7-14(26)8-12-16/h1-12,27H. The van der Waals surface area contributed by atoms with Gasteiger partial charge in [-0.25, -0.2) is 14.1 Å². The highest BCUT2D eigenvalue weighted by Gasteiger charge is 2.39. The van der Waals surface area contributed by atoms with Crippen LogP contribution in [0.3, 0.4) is 0 Å². The highest BCUT2D eigenvalue weighted by atomic mass is 35.5. The molecule has 3 aromatic rings. The van der Waals surface area contributed by atoms with Gasteiger partial charge in [0, 0.05) is 5.69 Å². The van der Waals surface area contributed by atoms with Gasteiger partial charge in [-0.1, -0.05) is 35.3 Å². The number of nitrogens with zero attached hydrogens (tertiary/aromatic N) is 1. The Hall–Kier alpha value is -3.68. The molecule has 9 heteroatoms. The van der Waals surface area contributed by atoms with Crippen LogP contribution < -0.4 is 15.0 Å². The lowest BCUT2D eigenvalue weighted by Gasteiger charge is -2.16. The molecule has 160 valence electrons. The number of ether oxygens (including phenoxy) is 1. The molecule has 1 heterocycles. The van der Waals surface area contributed by atoms with Crippen LogP contribution in [0.4, 0.5) is 15.8 Å². The Morgan fingerprint density at radius 1 is 0.875 bits per heavy atom. The zero-order valence-corrected chi connectivity index (χ0v) is 17.7. The van der Waals surface area contributed by atoms with Gasteiger partial charge in [0.1, 0.15) is 22.3 Å². The average Bonchev–Trinajstić information content (AvgIpc) is 2.99. The summed E-state index contributed by atoms with van der Waals surface area (Å²) >= 11 is 12.2. The molecule has 3 aromatic carbocycles. The third kappa shape index (κ3) is 4.21. The van der Waals surface area contributed by atoms with Crippen molar-refractivity contribution in [1.29, 1.82) is 0 Å². The maximum atomic E-state index is 13.0.